The molecule has 0 radical (unpaired) electrons. The Balaban J connectivity index is 2.00. The Hall–Kier alpha value is -0.480. The van der Waals surface area contributed by atoms with Crippen molar-refractivity contribution in [1.29, 1.82) is 0 Å². The molecule has 0 bridgehead atoms. The van der Waals surface area contributed by atoms with E-state index in [2.05, 4.69) is 11.8 Å². The number of hydrogen-bond acceptors (Lipinski definition) is 1. The molecule has 0 saturated carbocycles. The number of ether oxygens (including phenoxy) is 1. The SMILES string of the molecule is CC(C)OC1C#C1. The molecule has 0 aromatic carbocycles. The summed E-state index contributed by atoms with van der Waals surface area (Å²) < 4.78 is 5.14. The van der Waals surface area contributed by atoms with Crippen molar-refractivity contribution >= 4 is 0 Å². The van der Waals surface area contributed by atoms with E-state index in [4.69, 9.17) is 4.74 Å². The zero-order valence-corrected chi connectivity index (χ0v) is 4.56. The van der Waals surface area contributed by atoms with Crippen LogP contribution >= 0.6 is 0 Å². The smallest absolute Gasteiger partial charge is 0.179 e. The van der Waals surface area contributed by atoms with Gasteiger partial charge in [0.1, 0.15) is 0 Å². The highest BCUT2D eigenvalue weighted by molar-refractivity contribution is 5.33. The molecule has 1 nitrogen and oxygen atoms in total. The minimum Gasteiger partial charge on any atom is -0.351 e. The fourth-order valence-electron chi connectivity index (χ4n) is 0.374. The van der Waals surface area contributed by atoms with Crippen LogP contribution in [0.2, 0.25) is 0 Å². The summed E-state index contributed by atoms with van der Waals surface area (Å²) in [4.78, 5) is 0. The quantitative estimate of drug-likeness (QED) is 0.462. The first kappa shape index (κ1) is 4.67. The van der Waals surface area contributed by atoms with Crippen LogP contribution in [0.25, 0.3) is 0 Å². The van der Waals surface area contributed by atoms with Gasteiger partial charge in [0.05, 0.1) is 6.10 Å². The van der Waals surface area contributed by atoms with Crippen LogP contribution in [-0.4, -0.2) is 12.2 Å². The van der Waals surface area contributed by atoms with Crippen LogP contribution in [-0.2, 0) is 4.74 Å². The molecule has 0 fully saturated rings. The van der Waals surface area contributed by atoms with E-state index in [-0.39, 0.29) is 6.10 Å². The summed E-state index contributed by atoms with van der Waals surface area (Å²) in [6.07, 6.45) is 0.437. The lowest BCUT2D eigenvalue weighted by atomic mass is 10.5. The first-order chi connectivity index (χ1) is 3.29. The molecule has 0 aromatic heterocycles. The van der Waals surface area contributed by atoms with E-state index in [1.807, 2.05) is 13.8 Å². The lowest BCUT2D eigenvalue weighted by Crippen LogP contribution is -2.05. The van der Waals surface area contributed by atoms with Gasteiger partial charge < -0.3 is 4.74 Å². The molecule has 0 atom stereocenters. The van der Waals surface area contributed by atoms with E-state index in [1.165, 1.54) is 0 Å². The summed E-state index contributed by atoms with van der Waals surface area (Å²) >= 11 is 0. The summed E-state index contributed by atoms with van der Waals surface area (Å²) in [5.74, 6) is 5.59. The standard InChI is InChI=1S/C6H8O/c1-5(2)7-6-3-4-6/h5-6H,1-2H3. The van der Waals surface area contributed by atoms with Crippen molar-refractivity contribution in [1.82, 2.24) is 0 Å². The van der Waals surface area contributed by atoms with Crippen LogP contribution in [0.5, 0.6) is 0 Å². The van der Waals surface area contributed by atoms with Gasteiger partial charge >= 0.3 is 0 Å². The average molecular weight is 96.1 g/mol. The van der Waals surface area contributed by atoms with E-state index in [0.29, 0.717) is 6.10 Å². The molecule has 0 aromatic rings. The summed E-state index contributed by atoms with van der Waals surface area (Å²) in [5, 5.41) is 0. The maximum atomic E-state index is 5.14. The van der Waals surface area contributed by atoms with Crippen LogP contribution < -0.4 is 0 Å². The second-order valence-electron chi connectivity index (χ2n) is 1.85. The molecule has 0 spiro atoms. The van der Waals surface area contributed by atoms with Gasteiger partial charge in [0.2, 0.25) is 0 Å². The molecule has 0 aliphatic heterocycles. The number of rotatable bonds is 2. The molecule has 1 heteroatoms. The van der Waals surface area contributed by atoms with Gasteiger partial charge in [0.15, 0.2) is 6.10 Å². The predicted octanol–water partition coefficient (Wildman–Crippen LogP) is 0.797. The first-order valence-electron chi connectivity index (χ1n) is 2.45. The van der Waals surface area contributed by atoms with Crippen molar-refractivity contribution in [2.24, 2.45) is 0 Å². The fourth-order valence-corrected chi connectivity index (χ4v) is 0.374. The maximum absolute atomic E-state index is 5.14. The monoisotopic (exact) mass is 96.1 g/mol. The molecule has 0 amide bonds. The van der Waals surface area contributed by atoms with E-state index >= 15 is 0 Å². The third-order valence-electron chi connectivity index (χ3n) is 0.670. The van der Waals surface area contributed by atoms with Crippen molar-refractivity contribution in [2.75, 3.05) is 0 Å². The predicted molar refractivity (Wildman–Crippen MR) is 27.8 cm³/mol. The van der Waals surface area contributed by atoms with Gasteiger partial charge in [-0.3, -0.25) is 0 Å². The minimum atomic E-state index is 0.125. The largest absolute Gasteiger partial charge is 0.351 e. The lowest BCUT2D eigenvalue weighted by molar-refractivity contribution is 0.0819. The highest BCUT2D eigenvalue weighted by atomic mass is 16.5. The molecule has 0 unspecified atom stereocenters. The molecular weight excluding hydrogens is 88.1 g/mol. The van der Waals surface area contributed by atoms with E-state index in [9.17, 15) is 0 Å². The zero-order valence-electron chi connectivity index (χ0n) is 4.56. The summed E-state index contributed by atoms with van der Waals surface area (Å²) in [7, 11) is 0. The van der Waals surface area contributed by atoms with Crippen LogP contribution in [0, 0.1) is 11.8 Å². The molecular formula is C6H8O. The van der Waals surface area contributed by atoms with Crippen LogP contribution in [0.1, 0.15) is 13.8 Å². The maximum Gasteiger partial charge on any atom is 0.179 e. The van der Waals surface area contributed by atoms with Crippen LogP contribution in [0.4, 0.5) is 0 Å². The Morgan fingerprint density at radius 2 is 2.00 bits per heavy atom. The second kappa shape index (κ2) is 1.55. The van der Waals surface area contributed by atoms with Gasteiger partial charge in [0, 0.05) is 0 Å². The summed E-state index contributed by atoms with van der Waals surface area (Å²) in [6, 6.07) is 0. The van der Waals surface area contributed by atoms with Gasteiger partial charge in [-0.2, -0.15) is 0 Å². The minimum absolute atomic E-state index is 0.125. The third kappa shape index (κ3) is 1.61. The Morgan fingerprint density at radius 3 is 2.14 bits per heavy atom. The molecule has 7 heavy (non-hydrogen) atoms. The highest BCUT2D eigenvalue weighted by Gasteiger charge is 2.10. The summed E-state index contributed by atoms with van der Waals surface area (Å²) in [5.41, 5.74) is 0. The zero-order chi connectivity index (χ0) is 5.28. The Labute approximate surface area is 43.7 Å². The fraction of sp³-hybridized carbons (Fsp3) is 0.667. The van der Waals surface area contributed by atoms with Crippen molar-refractivity contribution in [3.63, 3.8) is 0 Å². The van der Waals surface area contributed by atoms with Crippen LogP contribution in [0.15, 0.2) is 0 Å². The van der Waals surface area contributed by atoms with Crippen molar-refractivity contribution < 1.29 is 4.74 Å². The average Bonchev–Trinajstić information content (AvgIpc) is 2.17. The Kier molecular flexibility index (Phi) is 1.04. The Morgan fingerprint density at radius 1 is 1.43 bits per heavy atom. The van der Waals surface area contributed by atoms with E-state index < -0.39 is 0 Å². The third-order valence-corrected chi connectivity index (χ3v) is 0.670. The highest BCUT2D eigenvalue weighted by Crippen LogP contribution is 2.02. The molecule has 1 aliphatic rings. The molecule has 0 N–H and O–H groups in total. The topological polar surface area (TPSA) is 9.23 Å². The first-order valence-corrected chi connectivity index (χ1v) is 2.45. The molecule has 38 valence electrons. The van der Waals surface area contributed by atoms with Gasteiger partial charge in [-0.1, -0.05) is 11.8 Å². The van der Waals surface area contributed by atoms with Gasteiger partial charge in [-0.05, 0) is 13.8 Å². The van der Waals surface area contributed by atoms with Crippen molar-refractivity contribution in [2.45, 2.75) is 26.1 Å². The summed E-state index contributed by atoms with van der Waals surface area (Å²) in [6.45, 7) is 4.00. The molecule has 1 aliphatic carbocycles. The molecule has 0 saturated heterocycles. The van der Waals surface area contributed by atoms with E-state index in [1.54, 1.807) is 0 Å². The molecule has 1 rings (SSSR count). The van der Waals surface area contributed by atoms with E-state index in [0.717, 1.165) is 0 Å². The van der Waals surface area contributed by atoms with Crippen LogP contribution in [0.3, 0.4) is 0 Å². The number of hydrogen-bond donors (Lipinski definition) is 0. The Bertz CT molecular complexity index is 108. The van der Waals surface area contributed by atoms with Gasteiger partial charge in [-0.15, -0.1) is 0 Å². The molecule has 0 heterocycles. The van der Waals surface area contributed by atoms with Crippen molar-refractivity contribution in [3.05, 3.63) is 0 Å². The second-order valence-corrected chi connectivity index (χ2v) is 1.85. The normalized spacial score (nSPS) is 16.4. The van der Waals surface area contributed by atoms with Gasteiger partial charge in [0.25, 0.3) is 0 Å². The lowest BCUT2D eigenvalue weighted by Gasteiger charge is -2.01. The van der Waals surface area contributed by atoms with Crippen molar-refractivity contribution in [3.8, 4) is 11.8 Å². The van der Waals surface area contributed by atoms with Gasteiger partial charge in [-0.25, -0.2) is 0 Å².